The van der Waals surface area contributed by atoms with Gasteiger partial charge in [-0.3, -0.25) is 0 Å². The normalized spacial score (nSPS) is 12.5. The predicted molar refractivity (Wildman–Crippen MR) is 193 cm³/mol. The van der Waals surface area contributed by atoms with Crippen LogP contribution < -0.4 is 0 Å². The van der Waals surface area contributed by atoms with E-state index in [-0.39, 0.29) is 11.5 Å². The van der Waals surface area contributed by atoms with Gasteiger partial charge in [0.1, 0.15) is 11.5 Å². The van der Waals surface area contributed by atoms with E-state index in [1.807, 2.05) is 12.1 Å². The molecular weight excluding hydrogens is 672 g/mol. The third-order valence-corrected chi connectivity index (χ3v) is 10.6. The zero-order valence-electron chi connectivity index (χ0n) is 23.0. The SMILES string of the molecule is Oc1cc2ccc3c4ccc(Br)cc4cc4ccc(c1-c1c(O)cc5ccc6c7ccc(Br)cc7cc7ccc1c5c76)c2c43. The summed E-state index contributed by atoms with van der Waals surface area (Å²) >= 11 is 7.26. The van der Waals surface area contributed by atoms with Gasteiger partial charge in [-0.25, -0.2) is 0 Å². The molecule has 0 spiro atoms. The van der Waals surface area contributed by atoms with Gasteiger partial charge >= 0.3 is 0 Å². The van der Waals surface area contributed by atoms with Crippen molar-refractivity contribution in [3.63, 3.8) is 0 Å². The van der Waals surface area contributed by atoms with Gasteiger partial charge in [-0.2, -0.15) is 0 Å². The topological polar surface area (TPSA) is 40.5 Å². The lowest BCUT2D eigenvalue weighted by molar-refractivity contribution is 0.471. The third kappa shape index (κ3) is 3.14. The number of benzene rings is 10. The Hall–Kier alpha value is -4.64. The first-order valence-corrected chi connectivity index (χ1v) is 16.1. The molecule has 0 atom stereocenters. The molecule has 10 aromatic rings. The Morgan fingerprint density at radius 2 is 0.659 bits per heavy atom. The van der Waals surface area contributed by atoms with E-state index in [1.165, 1.54) is 43.1 Å². The quantitative estimate of drug-likeness (QED) is 0.133. The summed E-state index contributed by atoms with van der Waals surface area (Å²) < 4.78 is 2.10. The maximum Gasteiger partial charge on any atom is 0.124 e. The molecule has 0 radical (unpaired) electrons. The summed E-state index contributed by atoms with van der Waals surface area (Å²) in [5.41, 5.74) is 1.32. The number of phenolic OH excluding ortho intramolecular Hbond substituents is 2. The van der Waals surface area contributed by atoms with E-state index >= 15 is 0 Å². The van der Waals surface area contributed by atoms with Crippen molar-refractivity contribution in [1.29, 1.82) is 0 Å². The molecule has 0 aliphatic carbocycles. The molecule has 0 fully saturated rings. The van der Waals surface area contributed by atoms with Gasteiger partial charge in [-0.15, -0.1) is 0 Å². The van der Waals surface area contributed by atoms with Gasteiger partial charge < -0.3 is 10.2 Å². The summed E-state index contributed by atoms with van der Waals surface area (Å²) in [6.07, 6.45) is 0. The minimum Gasteiger partial charge on any atom is -0.507 e. The minimum atomic E-state index is 0.158. The van der Waals surface area contributed by atoms with Crippen LogP contribution in [-0.4, -0.2) is 10.2 Å². The van der Waals surface area contributed by atoms with E-state index in [4.69, 9.17) is 0 Å². The van der Waals surface area contributed by atoms with Gasteiger partial charge in [-0.1, -0.05) is 92.5 Å². The highest BCUT2D eigenvalue weighted by molar-refractivity contribution is 9.10. The highest BCUT2D eigenvalue weighted by Gasteiger charge is 2.23. The first-order chi connectivity index (χ1) is 21.4. The second-order valence-corrected chi connectivity index (χ2v) is 13.7. The molecule has 206 valence electrons. The van der Waals surface area contributed by atoms with Crippen LogP contribution in [0.15, 0.2) is 118 Å². The standard InChI is InChI=1S/C40H20Br2O2/c41-25-5-11-27-23(15-25)13-19-3-9-31-37-21(1-7-29(27)35(19)37)17-33(43)39(31)40-32-10-4-20-14-24-16-26(42)6-12-28(24)30-8-2-22(18-34(40)44)38(32)36(20)30/h1-18,43-44H. The average Bonchev–Trinajstić information content (AvgIpc) is 3.01. The van der Waals surface area contributed by atoms with Gasteiger partial charge in [0.15, 0.2) is 0 Å². The van der Waals surface area contributed by atoms with Crippen LogP contribution in [0.3, 0.4) is 0 Å². The molecule has 44 heavy (non-hydrogen) atoms. The van der Waals surface area contributed by atoms with Crippen LogP contribution >= 0.6 is 31.9 Å². The van der Waals surface area contributed by atoms with Crippen LogP contribution in [0.5, 0.6) is 11.5 Å². The lowest BCUT2D eigenvalue weighted by Gasteiger charge is -2.20. The Kier molecular flexibility index (Phi) is 4.78. The highest BCUT2D eigenvalue weighted by Crippen LogP contribution is 2.51. The smallest absolute Gasteiger partial charge is 0.124 e. The Morgan fingerprint density at radius 3 is 1.09 bits per heavy atom. The average molecular weight is 692 g/mol. The molecule has 0 bridgehead atoms. The van der Waals surface area contributed by atoms with Crippen molar-refractivity contribution in [3.8, 4) is 22.6 Å². The third-order valence-electron chi connectivity index (χ3n) is 9.57. The number of aromatic hydroxyl groups is 2. The first-order valence-electron chi connectivity index (χ1n) is 14.5. The summed E-state index contributed by atoms with van der Waals surface area (Å²) in [7, 11) is 0. The lowest BCUT2D eigenvalue weighted by atomic mass is 9.84. The number of fused-ring (bicyclic) bond motifs is 4. The van der Waals surface area contributed by atoms with Crippen LogP contribution in [0.25, 0.3) is 97.3 Å². The Labute approximate surface area is 267 Å². The molecule has 0 aromatic heterocycles. The fourth-order valence-corrected chi connectivity index (χ4v) is 8.57. The first kappa shape index (κ1) is 24.8. The van der Waals surface area contributed by atoms with E-state index < -0.39 is 0 Å². The summed E-state index contributed by atoms with van der Waals surface area (Å²) in [6, 6.07) is 38.0. The minimum absolute atomic E-state index is 0.158. The number of hydrogen-bond acceptors (Lipinski definition) is 2. The molecule has 4 heteroatoms. The van der Waals surface area contributed by atoms with E-state index in [0.29, 0.717) is 11.1 Å². The number of hydrogen-bond donors (Lipinski definition) is 2. The summed E-state index contributed by atoms with van der Waals surface area (Å²) in [5.74, 6) is 0.315. The number of halogens is 2. The maximum atomic E-state index is 11.7. The molecule has 0 unspecified atom stereocenters. The Morgan fingerprint density at radius 1 is 0.318 bits per heavy atom. The molecule has 2 nitrogen and oxygen atoms in total. The second kappa shape index (κ2) is 8.50. The van der Waals surface area contributed by atoms with Crippen molar-refractivity contribution in [2.75, 3.05) is 0 Å². The summed E-state index contributed by atoms with van der Waals surface area (Å²) in [4.78, 5) is 0. The van der Waals surface area contributed by atoms with Crippen LogP contribution in [0.1, 0.15) is 0 Å². The van der Waals surface area contributed by atoms with Crippen molar-refractivity contribution in [2.45, 2.75) is 0 Å². The molecule has 0 amide bonds. The zero-order valence-corrected chi connectivity index (χ0v) is 26.2. The van der Waals surface area contributed by atoms with Gasteiger partial charge in [-0.05, 0) is 135 Å². The predicted octanol–water partition coefficient (Wildman–Crippen LogP) is 12.4. The van der Waals surface area contributed by atoms with Crippen molar-refractivity contribution < 1.29 is 10.2 Å². The van der Waals surface area contributed by atoms with E-state index in [1.54, 1.807) is 0 Å². The van der Waals surface area contributed by atoms with Gasteiger partial charge in [0.25, 0.3) is 0 Å². The molecule has 10 aromatic carbocycles. The molecule has 0 aliphatic rings. The van der Waals surface area contributed by atoms with Gasteiger partial charge in [0, 0.05) is 20.1 Å². The van der Waals surface area contributed by atoms with E-state index in [0.717, 1.165) is 52.0 Å². The van der Waals surface area contributed by atoms with Gasteiger partial charge in [0.05, 0.1) is 0 Å². The fourth-order valence-electron chi connectivity index (χ4n) is 7.82. The van der Waals surface area contributed by atoms with Crippen molar-refractivity contribution in [2.24, 2.45) is 0 Å². The molecular formula is C40H20Br2O2. The Bertz CT molecular complexity index is 2670. The summed E-state index contributed by atoms with van der Waals surface area (Å²) in [5, 5.41) is 41.1. The van der Waals surface area contributed by atoms with Crippen LogP contribution in [0.2, 0.25) is 0 Å². The molecule has 10 rings (SSSR count). The Balaban J connectivity index is 1.37. The van der Waals surface area contributed by atoms with Crippen molar-refractivity contribution in [1.82, 2.24) is 0 Å². The molecule has 2 N–H and O–H groups in total. The molecule has 0 saturated heterocycles. The van der Waals surface area contributed by atoms with Crippen LogP contribution in [0.4, 0.5) is 0 Å². The second-order valence-electron chi connectivity index (χ2n) is 11.9. The van der Waals surface area contributed by atoms with Crippen molar-refractivity contribution in [3.05, 3.63) is 118 Å². The summed E-state index contributed by atoms with van der Waals surface area (Å²) in [6.45, 7) is 0. The molecule has 0 aliphatic heterocycles. The number of phenols is 2. The molecule has 0 saturated carbocycles. The lowest BCUT2D eigenvalue weighted by Crippen LogP contribution is -1.92. The number of rotatable bonds is 1. The van der Waals surface area contributed by atoms with E-state index in [2.05, 4.69) is 129 Å². The molecule has 0 heterocycles. The van der Waals surface area contributed by atoms with Crippen LogP contribution in [-0.2, 0) is 0 Å². The largest absolute Gasteiger partial charge is 0.507 e. The fraction of sp³-hybridized carbons (Fsp3) is 0. The van der Waals surface area contributed by atoms with Gasteiger partial charge in [0.2, 0.25) is 0 Å². The maximum absolute atomic E-state index is 11.7. The van der Waals surface area contributed by atoms with Crippen molar-refractivity contribution >= 4 is 118 Å². The zero-order chi connectivity index (χ0) is 29.4. The van der Waals surface area contributed by atoms with Crippen LogP contribution in [0, 0.1) is 0 Å². The highest BCUT2D eigenvalue weighted by atomic mass is 79.9. The van der Waals surface area contributed by atoms with E-state index in [9.17, 15) is 10.2 Å². The monoisotopic (exact) mass is 690 g/mol.